The van der Waals surface area contributed by atoms with Crippen molar-refractivity contribution in [3.8, 4) is 10.4 Å². The summed E-state index contributed by atoms with van der Waals surface area (Å²) in [4.78, 5) is 17.7. The number of aromatic nitrogens is 1. The van der Waals surface area contributed by atoms with Gasteiger partial charge in [-0.05, 0) is 75.7 Å². The number of piperidine rings is 1. The van der Waals surface area contributed by atoms with Crippen LogP contribution in [-0.4, -0.2) is 33.9 Å². The smallest absolute Gasteiger partial charge is 0.259 e. The molecule has 0 amide bonds. The Balaban J connectivity index is 1.49. The van der Waals surface area contributed by atoms with Crippen molar-refractivity contribution in [2.45, 2.75) is 71.0 Å². The normalized spacial score (nSPS) is 19.4. The molecule has 5 nitrogen and oxygen atoms in total. The SMILES string of the molecule is C[C@@H]1CCC[C@H](C)N1CCCCCn1c(=O)c(-c2ccc(C(=N)N)s2)cc2ccccc21. The fourth-order valence-corrected chi connectivity index (χ4v) is 5.89. The number of rotatable bonds is 8. The summed E-state index contributed by atoms with van der Waals surface area (Å²) in [5.41, 5.74) is 7.36. The third-order valence-corrected chi connectivity index (χ3v) is 7.97. The first-order chi connectivity index (χ1) is 15.5. The van der Waals surface area contributed by atoms with Crippen molar-refractivity contribution in [3.05, 3.63) is 57.7 Å². The van der Waals surface area contributed by atoms with Gasteiger partial charge in [-0.15, -0.1) is 11.3 Å². The molecule has 1 aliphatic heterocycles. The average Bonchev–Trinajstić information content (AvgIpc) is 3.27. The predicted octanol–water partition coefficient (Wildman–Crippen LogP) is 5.45. The van der Waals surface area contributed by atoms with Gasteiger partial charge in [0.25, 0.3) is 5.56 Å². The minimum atomic E-state index is 0.0407. The van der Waals surface area contributed by atoms with Gasteiger partial charge in [-0.1, -0.05) is 31.0 Å². The molecule has 3 N–H and O–H groups in total. The molecule has 0 aliphatic carbocycles. The number of amidine groups is 1. The summed E-state index contributed by atoms with van der Waals surface area (Å²) in [6.45, 7) is 6.59. The number of para-hydroxylation sites is 1. The highest BCUT2D eigenvalue weighted by atomic mass is 32.1. The van der Waals surface area contributed by atoms with E-state index in [1.807, 2.05) is 41.0 Å². The Morgan fingerprint density at radius 3 is 2.50 bits per heavy atom. The number of likely N-dealkylation sites (tertiary alicyclic amines) is 1. The van der Waals surface area contributed by atoms with Crippen LogP contribution in [0.25, 0.3) is 21.3 Å². The van der Waals surface area contributed by atoms with Gasteiger partial charge in [0.15, 0.2) is 0 Å². The van der Waals surface area contributed by atoms with Crippen molar-refractivity contribution < 1.29 is 0 Å². The van der Waals surface area contributed by atoms with Crippen LogP contribution in [0, 0.1) is 5.41 Å². The van der Waals surface area contributed by atoms with Gasteiger partial charge in [-0.25, -0.2) is 0 Å². The molecule has 0 radical (unpaired) electrons. The van der Waals surface area contributed by atoms with Gasteiger partial charge in [-0.3, -0.25) is 15.1 Å². The van der Waals surface area contributed by atoms with E-state index in [1.165, 1.54) is 37.0 Å². The van der Waals surface area contributed by atoms with Crippen LogP contribution in [0.4, 0.5) is 0 Å². The molecule has 1 aromatic carbocycles. The summed E-state index contributed by atoms with van der Waals surface area (Å²) < 4.78 is 1.93. The average molecular weight is 451 g/mol. The molecule has 4 rings (SSSR count). The fourth-order valence-electron chi connectivity index (χ4n) is 5.01. The van der Waals surface area contributed by atoms with E-state index < -0.39 is 0 Å². The maximum atomic E-state index is 13.4. The van der Waals surface area contributed by atoms with Crippen LogP contribution >= 0.6 is 11.3 Å². The molecule has 0 spiro atoms. The van der Waals surface area contributed by atoms with Crippen LogP contribution in [-0.2, 0) is 6.54 Å². The first-order valence-corrected chi connectivity index (χ1v) is 12.6. The van der Waals surface area contributed by atoms with Crippen LogP contribution < -0.4 is 11.3 Å². The Morgan fingerprint density at radius 1 is 1.06 bits per heavy atom. The van der Waals surface area contributed by atoms with E-state index in [4.69, 9.17) is 11.1 Å². The second kappa shape index (κ2) is 10.0. The van der Waals surface area contributed by atoms with Crippen molar-refractivity contribution in [3.63, 3.8) is 0 Å². The second-order valence-electron chi connectivity index (χ2n) is 9.08. The Kier molecular flexibility index (Phi) is 7.11. The van der Waals surface area contributed by atoms with E-state index in [9.17, 15) is 4.79 Å². The molecular weight excluding hydrogens is 416 g/mol. The summed E-state index contributed by atoms with van der Waals surface area (Å²) in [5.74, 6) is 0.0414. The summed E-state index contributed by atoms with van der Waals surface area (Å²) >= 11 is 1.41. The van der Waals surface area contributed by atoms with Gasteiger partial charge in [0.1, 0.15) is 5.84 Å². The molecule has 0 saturated carbocycles. The number of pyridine rings is 1. The first kappa shape index (κ1) is 22.7. The Morgan fingerprint density at radius 2 is 1.78 bits per heavy atom. The lowest BCUT2D eigenvalue weighted by atomic mass is 9.97. The zero-order valence-electron chi connectivity index (χ0n) is 19.1. The lowest BCUT2D eigenvalue weighted by Gasteiger charge is -2.39. The molecule has 2 atom stereocenters. The minimum Gasteiger partial charge on any atom is -0.383 e. The van der Waals surface area contributed by atoms with Crippen molar-refractivity contribution in [2.24, 2.45) is 5.73 Å². The minimum absolute atomic E-state index is 0.0407. The van der Waals surface area contributed by atoms with Crippen LogP contribution in [0.5, 0.6) is 0 Å². The topological polar surface area (TPSA) is 75.1 Å². The summed E-state index contributed by atoms with van der Waals surface area (Å²) in [7, 11) is 0. The third kappa shape index (κ3) is 4.81. The van der Waals surface area contributed by atoms with Crippen LogP contribution in [0.1, 0.15) is 57.2 Å². The molecule has 0 unspecified atom stereocenters. The van der Waals surface area contributed by atoms with Gasteiger partial charge in [0.05, 0.1) is 16.0 Å². The Hall–Kier alpha value is -2.44. The zero-order valence-corrected chi connectivity index (χ0v) is 20.0. The van der Waals surface area contributed by atoms with E-state index in [1.54, 1.807) is 0 Å². The number of aryl methyl sites for hydroxylation is 1. The maximum Gasteiger partial charge on any atom is 0.259 e. The van der Waals surface area contributed by atoms with Crippen LogP contribution in [0.3, 0.4) is 0 Å². The first-order valence-electron chi connectivity index (χ1n) is 11.8. The molecule has 0 bridgehead atoms. The lowest BCUT2D eigenvalue weighted by Crippen LogP contribution is -2.44. The highest BCUT2D eigenvalue weighted by molar-refractivity contribution is 7.17. The molecule has 6 heteroatoms. The highest BCUT2D eigenvalue weighted by Crippen LogP contribution is 2.28. The quantitative estimate of drug-likeness (QED) is 0.272. The molecule has 3 heterocycles. The lowest BCUT2D eigenvalue weighted by molar-refractivity contribution is 0.101. The number of thiophene rings is 1. The molecule has 1 fully saturated rings. The van der Waals surface area contributed by atoms with E-state index >= 15 is 0 Å². The molecular formula is C26H34N4OS. The highest BCUT2D eigenvalue weighted by Gasteiger charge is 2.23. The summed E-state index contributed by atoms with van der Waals surface area (Å²) in [6, 6.07) is 15.2. The number of fused-ring (bicyclic) bond motifs is 1. The largest absolute Gasteiger partial charge is 0.383 e. The van der Waals surface area contributed by atoms with Gasteiger partial charge < -0.3 is 10.3 Å². The number of nitrogens with zero attached hydrogens (tertiary/aromatic N) is 2. The molecule has 2 aromatic heterocycles. The molecule has 1 aliphatic rings. The van der Waals surface area contributed by atoms with E-state index in [2.05, 4.69) is 24.8 Å². The molecule has 3 aromatic rings. The third-order valence-electron chi connectivity index (χ3n) is 6.81. The van der Waals surface area contributed by atoms with Crippen molar-refractivity contribution in [1.29, 1.82) is 5.41 Å². The van der Waals surface area contributed by atoms with E-state index in [0.29, 0.717) is 22.5 Å². The van der Waals surface area contributed by atoms with Crippen molar-refractivity contribution in [2.75, 3.05) is 6.54 Å². The number of nitrogens with two attached hydrogens (primary N) is 1. The molecule has 32 heavy (non-hydrogen) atoms. The van der Waals surface area contributed by atoms with Gasteiger partial charge in [0.2, 0.25) is 0 Å². The van der Waals surface area contributed by atoms with Gasteiger partial charge in [-0.2, -0.15) is 0 Å². The van der Waals surface area contributed by atoms with Gasteiger partial charge in [0, 0.05) is 23.5 Å². The van der Waals surface area contributed by atoms with Crippen LogP contribution in [0.2, 0.25) is 0 Å². The molecule has 1 saturated heterocycles. The second-order valence-corrected chi connectivity index (χ2v) is 10.2. The number of hydrogen-bond donors (Lipinski definition) is 2. The Labute approximate surface area is 194 Å². The van der Waals surface area contributed by atoms with Gasteiger partial charge >= 0.3 is 0 Å². The Bertz CT molecular complexity index is 1140. The van der Waals surface area contributed by atoms with Crippen LogP contribution in [0.15, 0.2) is 47.3 Å². The fraction of sp³-hybridized carbons (Fsp3) is 0.462. The van der Waals surface area contributed by atoms with Crippen molar-refractivity contribution in [1.82, 2.24) is 9.47 Å². The van der Waals surface area contributed by atoms with E-state index in [-0.39, 0.29) is 11.4 Å². The maximum absolute atomic E-state index is 13.4. The number of nitrogens with one attached hydrogen (secondary N) is 1. The number of unbranched alkanes of at least 4 members (excludes halogenated alkanes) is 2. The molecule has 170 valence electrons. The zero-order chi connectivity index (χ0) is 22.7. The monoisotopic (exact) mass is 450 g/mol. The van der Waals surface area contributed by atoms with Crippen molar-refractivity contribution >= 4 is 28.1 Å². The van der Waals surface area contributed by atoms with E-state index in [0.717, 1.165) is 41.7 Å². The standard InChI is InChI=1S/C26H34N4OS/c1-18-9-8-10-19(2)29(18)15-6-3-7-16-30-22-12-5-4-11-20(22)17-21(26(30)31)23-13-14-24(32-23)25(27)28/h4-5,11-14,17-19H,3,6-10,15-16H2,1-2H3,(H3,27,28)/t18-,19+. The summed E-state index contributed by atoms with van der Waals surface area (Å²) in [6.07, 6.45) is 7.26. The summed E-state index contributed by atoms with van der Waals surface area (Å²) in [5, 5.41) is 8.73. The predicted molar refractivity (Wildman–Crippen MR) is 136 cm³/mol. The number of nitrogen functional groups attached to an aromatic ring is 1. The number of hydrogen-bond acceptors (Lipinski definition) is 4. The number of benzene rings is 1.